The van der Waals surface area contributed by atoms with Crippen molar-refractivity contribution >= 4 is 34.6 Å². The monoisotopic (exact) mass is 484 g/mol. The Labute approximate surface area is 201 Å². The van der Waals surface area contributed by atoms with Gasteiger partial charge < -0.3 is 25.3 Å². The van der Waals surface area contributed by atoms with Gasteiger partial charge in [0.05, 0.1) is 7.11 Å². The van der Waals surface area contributed by atoms with Crippen LogP contribution in [-0.2, 0) is 19.1 Å². The lowest BCUT2D eigenvalue weighted by Gasteiger charge is -2.31. The van der Waals surface area contributed by atoms with Gasteiger partial charge in [-0.15, -0.1) is 0 Å². The van der Waals surface area contributed by atoms with Crippen LogP contribution in [0.1, 0.15) is 37.2 Å². The number of fused-ring (bicyclic) bond motifs is 2. The number of carbonyl (C=O) groups excluding carboxylic acids is 4. The highest BCUT2D eigenvalue weighted by atomic mass is 19.1. The maximum Gasteiger partial charge on any atom is 0.328 e. The Morgan fingerprint density at radius 1 is 1.29 bits per heavy atom. The largest absolute Gasteiger partial charge is 0.467 e. The van der Waals surface area contributed by atoms with Gasteiger partial charge in [-0.3, -0.25) is 14.4 Å². The van der Waals surface area contributed by atoms with Crippen LogP contribution in [0.3, 0.4) is 0 Å². The van der Waals surface area contributed by atoms with E-state index in [4.69, 9.17) is 4.74 Å². The topological polar surface area (TPSA) is 121 Å². The van der Waals surface area contributed by atoms with Gasteiger partial charge in [-0.05, 0) is 54.4 Å². The Morgan fingerprint density at radius 3 is 2.74 bits per heavy atom. The number of ether oxygens (including phenoxy) is 1. The van der Waals surface area contributed by atoms with E-state index in [9.17, 15) is 23.6 Å². The summed E-state index contributed by atoms with van der Waals surface area (Å²) in [6.07, 6.45) is 0.713. The van der Waals surface area contributed by atoms with Crippen LogP contribution < -0.4 is 10.6 Å². The normalized spacial score (nSPS) is 27.3. The maximum absolute atomic E-state index is 13.6. The summed E-state index contributed by atoms with van der Waals surface area (Å²) in [6.45, 7) is 5.07. The van der Waals surface area contributed by atoms with Crippen LogP contribution in [0.5, 0.6) is 0 Å². The van der Waals surface area contributed by atoms with Crippen molar-refractivity contribution in [2.24, 2.45) is 23.2 Å². The number of benzene rings is 1. The number of carbonyl (C=O) groups is 4. The molecule has 3 heterocycles. The van der Waals surface area contributed by atoms with Gasteiger partial charge in [0.2, 0.25) is 11.8 Å². The van der Waals surface area contributed by atoms with Gasteiger partial charge in [-0.2, -0.15) is 0 Å². The van der Waals surface area contributed by atoms with Crippen LogP contribution in [-0.4, -0.2) is 65.9 Å². The first-order valence-electron chi connectivity index (χ1n) is 11.9. The van der Waals surface area contributed by atoms with Crippen molar-refractivity contribution in [3.8, 4) is 0 Å². The second-order valence-corrected chi connectivity index (χ2v) is 10.4. The number of methoxy groups -OCH3 is 1. The highest BCUT2D eigenvalue weighted by Gasteiger charge is 2.69. The number of amides is 3. The number of piperidine rings is 1. The lowest BCUT2D eigenvalue weighted by atomic mass is 9.96. The number of esters is 1. The average Bonchev–Trinajstić information content (AvgIpc) is 3.32. The number of halogens is 1. The van der Waals surface area contributed by atoms with E-state index in [0.29, 0.717) is 30.4 Å². The Hall–Kier alpha value is -3.43. The molecule has 2 saturated heterocycles. The molecule has 0 spiro atoms. The third kappa shape index (κ3) is 3.94. The molecule has 0 radical (unpaired) electrons. The lowest BCUT2D eigenvalue weighted by Crippen LogP contribution is -2.54. The molecule has 5 atom stereocenters. The number of hydrogen-bond donors (Lipinski definition) is 3. The predicted molar refractivity (Wildman–Crippen MR) is 124 cm³/mol. The molecule has 1 saturated carbocycles. The summed E-state index contributed by atoms with van der Waals surface area (Å²) in [5, 5.41) is 6.21. The molecule has 35 heavy (non-hydrogen) atoms. The third-order valence-electron chi connectivity index (χ3n) is 8.04. The number of nitrogens with zero attached hydrogens (tertiary/aromatic N) is 1. The first kappa shape index (κ1) is 23.3. The zero-order chi connectivity index (χ0) is 25.1. The SMILES string of the molecule is COC(=O)[C@H](C[C@@H]1CCNC1=O)NC(=O)[C@@H]1[C@@H]2[C@H](CN1C(=O)c1cc3ccc(F)cc3[nH]1)C2(C)C. The molecule has 186 valence electrons. The van der Waals surface area contributed by atoms with Crippen molar-refractivity contribution in [3.05, 3.63) is 35.8 Å². The molecule has 1 aromatic heterocycles. The smallest absolute Gasteiger partial charge is 0.328 e. The molecule has 3 N–H and O–H groups in total. The van der Waals surface area contributed by atoms with Crippen LogP contribution in [0.4, 0.5) is 4.39 Å². The second kappa shape index (κ2) is 8.35. The van der Waals surface area contributed by atoms with Crippen LogP contribution in [0.25, 0.3) is 10.9 Å². The first-order valence-corrected chi connectivity index (χ1v) is 11.9. The zero-order valence-corrected chi connectivity index (χ0v) is 19.9. The van der Waals surface area contributed by atoms with E-state index in [-0.39, 0.29) is 41.2 Å². The molecule has 2 aliphatic heterocycles. The van der Waals surface area contributed by atoms with Gasteiger partial charge in [-0.1, -0.05) is 13.8 Å². The number of aromatic amines is 1. The van der Waals surface area contributed by atoms with Crippen molar-refractivity contribution < 1.29 is 28.3 Å². The molecule has 3 aliphatic rings. The number of aromatic nitrogens is 1. The summed E-state index contributed by atoms with van der Waals surface area (Å²) >= 11 is 0. The summed E-state index contributed by atoms with van der Waals surface area (Å²) < 4.78 is 18.5. The molecule has 3 amide bonds. The average molecular weight is 485 g/mol. The van der Waals surface area contributed by atoms with Crippen LogP contribution in [0.15, 0.2) is 24.3 Å². The van der Waals surface area contributed by atoms with Crippen molar-refractivity contribution in [2.75, 3.05) is 20.2 Å². The van der Waals surface area contributed by atoms with Gasteiger partial charge >= 0.3 is 5.97 Å². The van der Waals surface area contributed by atoms with Gasteiger partial charge in [0, 0.05) is 29.9 Å². The number of nitrogens with one attached hydrogen (secondary N) is 3. The molecule has 9 nitrogen and oxygen atoms in total. The van der Waals surface area contributed by atoms with Crippen LogP contribution in [0, 0.1) is 29.0 Å². The summed E-state index contributed by atoms with van der Waals surface area (Å²) in [4.78, 5) is 56.0. The first-order chi connectivity index (χ1) is 16.6. The Morgan fingerprint density at radius 2 is 2.06 bits per heavy atom. The fraction of sp³-hybridized carbons (Fsp3) is 0.520. The molecule has 1 aromatic carbocycles. The van der Waals surface area contributed by atoms with Gasteiger partial charge in [-0.25, -0.2) is 9.18 Å². The van der Waals surface area contributed by atoms with E-state index in [1.54, 1.807) is 12.1 Å². The maximum atomic E-state index is 13.6. The molecule has 2 aromatic rings. The van der Waals surface area contributed by atoms with Crippen molar-refractivity contribution in [3.63, 3.8) is 0 Å². The minimum Gasteiger partial charge on any atom is -0.467 e. The molecule has 5 rings (SSSR count). The van der Waals surface area contributed by atoms with E-state index in [1.807, 2.05) is 0 Å². The number of rotatable bonds is 6. The molecular formula is C25H29FN4O5. The fourth-order valence-corrected chi connectivity index (χ4v) is 5.93. The van der Waals surface area contributed by atoms with Crippen LogP contribution >= 0.6 is 0 Å². The molecular weight excluding hydrogens is 455 g/mol. The van der Waals surface area contributed by atoms with Crippen LogP contribution in [0.2, 0.25) is 0 Å². The highest BCUT2D eigenvalue weighted by molar-refractivity contribution is 6.01. The Balaban J connectivity index is 1.38. The summed E-state index contributed by atoms with van der Waals surface area (Å²) in [7, 11) is 1.24. The van der Waals surface area contributed by atoms with Crippen molar-refractivity contribution in [1.29, 1.82) is 0 Å². The Bertz CT molecular complexity index is 1220. The highest BCUT2D eigenvalue weighted by Crippen LogP contribution is 2.65. The zero-order valence-electron chi connectivity index (χ0n) is 19.9. The van der Waals surface area contributed by atoms with E-state index in [1.165, 1.54) is 24.1 Å². The minimum absolute atomic E-state index is 0.0543. The minimum atomic E-state index is -0.990. The molecule has 1 aliphatic carbocycles. The quantitative estimate of drug-likeness (QED) is 0.538. The van der Waals surface area contributed by atoms with Gasteiger partial charge in [0.15, 0.2) is 0 Å². The number of likely N-dealkylation sites (tertiary alicyclic amines) is 1. The predicted octanol–water partition coefficient (Wildman–Crippen LogP) is 1.59. The standard InChI is InChI=1S/C25H29FN4O5/c1-25(2)15-11-30(23(33)17-8-12-4-5-14(26)10-16(12)28-17)20(19(15)25)22(32)29-18(24(34)35-3)9-13-6-7-27-21(13)31/h4-5,8,10,13,15,18-20,28H,6-7,9,11H2,1-3H3,(H,27,31)(H,29,32)/t13-,15-,18-,19-,20-/m0/s1. The molecule has 3 fully saturated rings. The lowest BCUT2D eigenvalue weighted by molar-refractivity contribution is -0.146. The summed E-state index contributed by atoms with van der Waals surface area (Å²) in [5.41, 5.74) is 0.656. The van der Waals surface area contributed by atoms with Crippen molar-refractivity contribution in [2.45, 2.75) is 38.8 Å². The number of H-pyrrole nitrogens is 1. The molecule has 0 bridgehead atoms. The van der Waals surface area contributed by atoms with E-state index in [0.717, 1.165) is 0 Å². The van der Waals surface area contributed by atoms with Gasteiger partial charge in [0.1, 0.15) is 23.6 Å². The summed E-state index contributed by atoms with van der Waals surface area (Å²) in [5.74, 6) is -2.27. The molecule has 0 unspecified atom stereocenters. The van der Waals surface area contributed by atoms with E-state index >= 15 is 0 Å². The number of hydrogen-bond acceptors (Lipinski definition) is 5. The van der Waals surface area contributed by atoms with E-state index < -0.39 is 35.7 Å². The van der Waals surface area contributed by atoms with Gasteiger partial charge in [0.25, 0.3) is 5.91 Å². The summed E-state index contributed by atoms with van der Waals surface area (Å²) in [6, 6.07) is 4.13. The van der Waals surface area contributed by atoms with Crippen molar-refractivity contribution in [1.82, 2.24) is 20.5 Å². The second-order valence-electron chi connectivity index (χ2n) is 10.4. The Kier molecular flexibility index (Phi) is 5.56. The van der Waals surface area contributed by atoms with E-state index in [2.05, 4.69) is 29.5 Å². The third-order valence-corrected chi connectivity index (χ3v) is 8.04. The molecule has 10 heteroatoms. The fourth-order valence-electron chi connectivity index (χ4n) is 5.93.